The highest BCUT2D eigenvalue weighted by Crippen LogP contribution is 2.15. The third kappa shape index (κ3) is 2.58. The second-order valence-electron chi connectivity index (χ2n) is 4.95. The Hall–Kier alpha value is -2.46. The molecule has 0 unspecified atom stereocenters. The lowest BCUT2D eigenvalue weighted by Crippen LogP contribution is -2.10. The quantitative estimate of drug-likeness (QED) is 0.803. The summed E-state index contributed by atoms with van der Waals surface area (Å²) >= 11 is 0. The zero-order valence-electron chi connectivity index (χ0n) is 11.4. The van der Waals surface area contributed by atoms with Crippen molar-refractivity contribution in [2.45, 2.75) is 13.1 Å². The fraction of sp³-hybridized carbons (Fsp3) is 0.118. The average molecular weight is 282 g/mol. The van der Waals surface area contributed by atoms with Crippen LogP contribution >= 0.6 is 0 Å². The summed E-state index contributed by atoms with van der Waals surface area (Å²) in [5, 5.41) is 0.635. The number of halogens is 1. The van der Waals surface area contributed by atoms with Gasteiger partial charge in [-0.25, -0.2) is 4.39 Å². The molecule has 21 heavy (non-hydrogen) atoms. The van der Waals surface area contributed by atoms with Crippen molar-refractivity contribution in [1.29, 1.82) is 0 Å². The normalized spacial score (nSPS) is 11.0. The van der Waals surface area contributed by atoms with Crippen molar-refractivity contribution in [3.63, 3.8) is 0 Å². The molecule has 2 aromatic carbocycles. The van der Waals surface area contributed by atoms with E-state index in [1.54, 1.807) is 24.4 Å². The van der Waals surface area contributed by atoms with Gasteiger partial charge in [-0.05, 0) is 29.8 Å². The van der Waals surface area contributed by atoms with Crippen LogP contribution in [0.3, 0.4) is 0 Å². The molecule has 0 aliphatic carbocycles. The molecule has 0 atom stereocenters. The molecule has 0 amide bonds. The SMILES string of the molecule is NCc1ccc(F)c(Cn2ccc(=O)c3ccccc32)c1. The molecular weight excluding hydrogens is 267 g/mol. The first-order valence-corrected chi connectivity index (χ1v) is 6.74. The zero-order chi connectivity index (χ0) is 14.8. The van der Waals surface area contributed by atoms with Gasteiger partial charge in [-0.2, -0.15) is 0 Å². The predicted octanol–water partition coefficient (Wildman–Crippen LogP) is 2.65. The van der Waals surface area contributed by atoms with Crippen LogP contribution in [-0.2, 0) is 13.1 Å². The molecule has 2 N–H and O–H groups in total. The lowest BCUT2D eigenvalue weighted by atomic mass is 10.1. The molecule has 0 bridgehead atoms. The number of nitrogens with zero attached hydrogens (tertiary/aromatic N) is 1. The lowest BCUT2D eigenvalue weighted by molar-refractivity contribution is 0.600. The van der Waals surface area contributed by atoms with Gasteiger partial charge in [0, 0.05) is 29.8 Å². The molecule has 1 heterocycles. The summed E-state index contributed by atoms with van der Waals surface area (Å²) in [6.45, 7) is 0.735. The Balaban J connectivity index is 2.11. The van der Waals surface area contributed by atoms with E-state index >= 15 is 0 Å². The Bertz CT molecular complexity index is 855. The first-order valence-electron chi connectivity index (χ1n) is 6.74. The molecule has 3 rings (SSSR count). The van der Waals surface area contributed by atoms with E-state index in [2.05, 4.69) is 0 Å². The lowest BCUT2D eigenvalue weighted by Gasteiger charge is -2.12. The molecule has 1 aromatic heterocycles. The van der Waals surface area contributed by atoms with Crippen LogP contribution in [0.1, 0.15) is 11.1 Å². The van der Waals surface area contributed by atoms with Gasteiger partial charge in [-0.1, -0.05) is 18.2 Å². The highest BCUT2D eigenvalue weighted by atomic mass is 19.1. The van der Waals surface area contributed by atoms with Crippen LogP contribution in [0, 0.1) is 5.82 Å². The minimum Gasteiger partial charge on any atom is -0.343 e. The smallest absolute Gasteiger partial charge is 0.189 e. The Morgan fingerprint density at radius 3 is 2.71 bits per heavy atom. The molecule has 3 aromatic rings. The molecule has 106 valence electrons. The van der Waals surface area contributed by atoms with E-state index in [9.17, 15) is 9.18 Å². The van der Waals surface area contributed by atoms with Crippen LogP contribution in [0.5, 0.6) is 0 Å². The van der Waals surface area contributed by atoms with Gasteiger partial charge >= 0.3 is 0 Å². The summed E-state index contributed by atoms with van der Waals surface area (Å²) in [7, 11) is 0. The summed E-state index contributed by atoms with van der Waals surface area (Å²) < 4.78 is 15.8. The minimum atomic E-state index is -0.269. The molecule has 0 saturated heterocycles. The average Bonchev–Trinajstić information content (AvgIpc) is 2.52. The zero-order valence-corrected chi connectivity index (χ0v) is 11.4. The molecule has 0 aliphatic rings. The summed E-state index contributed by atoms with van der Waals surface area (Å²) in [6.07, 6.45) is 1.69. The van der Waals surface area contributed by atoms with E-state index < -0.39 is 0 Å². The van der Waals surface area contributed by atoms with Crippen LogP contribution in [0.2, 0.25) is 0 Å². The van der Waals surface area contributed by atoms with Crippen molar-refractivity contribution < 1.29 is 4.39 Å². The van der Waals surface area contributed by atoms with Gasteiger partial charge in [0.2, 0.25) is 0 Å². The van der Waals surface area contributed by atoms with Gasteiger partial charge < -0.3 is 10.3 Å². The third-order valence-electron chi connectivity index (χ3n) is 3.57. The largest absolute Gasteiger partial charge is 0.343 e. The van der Waals surface area contributed by atoms with Gasteiger partial charge in [0.15, 0.2) is 5.43 Å². The Morgan fingerprint density at radius 1 is 1.10 bits per heavy atom. The molecule has 0 saturated carbocycles. The maximum Gasteiger partial charge on any atom is 0.189 e. The minimum absolute atomic E-state index is 0.0296. The van der Waals surface area contributed by atoms with Gasteiger partial charge in [-0.15, -0.1) is 0 Å². The van der Waals surface area contributed by atoms with Crippen molar-refractivity contribution >= 4 is 10.9 Å². The number of fused-ring (bicyclic) bond motifs is 1. The van der Waals surface area contributed by atoms with Crippen molar-refractivity contribution in [2.75, 3.05) is 0 Å². The Labute approximate surface area is 121 Å². The summed E-state index contributed by atoms with van der Waals surface area (Å²) in [5.74, 6) is -0.269. The maximum atomic E-state index is 14.0. The topological polar surface area (TPSA) is 48.0 Å². The summed E-state index contributed by atoms with van der Waals surface area (Å²) in [6, 6.07) is 13.7. The number of pyridine rings is 1. The number of benzene rings is 2. The molecule has 0 fully saturated rings. The van der Waals surface area contributed by atoms with Crippen molar-refractivity contribution in [3.8, 4) is 0 Å². The summed E-state index contributed by atoms with van der Waals surface area (Å²) in [5.41, 5.74) is 7.81. The Kier molecular flexibility index (Phi) is 3.54. The number of para-hydroxylation sites is 1. The molecule has 4 heteroatoms. The third-order valence-corrected chi connectivity index (χ3v) is 3.57. The maximum absolute atomic E-state index is 14.0. The van der Waals surface area contributed by atoms with Gasteiger partial charge in [0.05, 0.1) is 12.1 Å². The first-order chi connectivity index (χ1) is 10.2. The van der Waals surface area contributed by atoms with Crippen LogP contribution in [0.4, 0.5) is 4.39 Å². The van der Waals surface area contributed by atoms with Crippen LogP contribution in [0.25, 0.3) is 10.9 Å². The highest BCUT2D eigenvalue weighted by molar-refractivity contribution is 5.78. The van der Waals surface area contributed by atoms with Crippen molar-refractivity contribution in [2.24, 2.45) is 5.73 Å². The van der Waals surface area contributed by atoms with E-state index in [0.717, 1.165) is 11.1 Å². The number of aromatic nitrogens is 1. The van der Waals surface area contributed by atoms with Crippen molar-refractivity contribution in [1.82, 2.24) is 4.57 Å². The second kappa shape index (κ2) is 5.50. The van der Waals surface area contributed by atoms with Gasteiger partial charge in [-0.3, -0.25) is 4.79 Å². The number of hydrogen-bond acceptors (Lipinski definition) is 2. The monoisotopic (exact) mass is 282 g/mol. The second-order valence-corrected chi connectivity index (χ2v) is 4.95. The van der Waals surface area contributed by atoms with Crippen LogP contribution < -0.4 is 11.2 Å². The standard InChI is InChI=1S/C17H15FN2O/c18-15-6-5-12(10-19)9-13(15)11-20-8-7-17(21)14-3-1-2-4-16(14)20/h1-9H,10-11,19H2. The van der Waals surface area contributed by atoms with Gasteiger partial charge in [0.25, 0.3) is 0 Å². The van der Waals surface area contributed by atoms with Crippen molar-refractivity contribution in [3.05, 3.63) is 81.9 Å². The fourth-order valence-corrected chi connectivity index (χ4v) is 2.46. The highest BCUT2D eigenvalue weighted by Gasteiger charge is 2.07. The molecule has 0 spiro atoms. The van der Waals surface area contributed by atoms with E-state index in [1.165, 1.54) is 12.1 Å². The first kappa shape index (κ1) is 13.5. The van der Waals surface area contributed by atoms with Gasteiger partial charge in [0.1, 0.15) is 5.82 Å². The number of nitrogens with two attached hydrogens (primary N) is 1. The van der Waals surface area contributed by atoms with E-state index in [1.807, 2.05) is 22.8 Å². The number of rotatable bonds is 3. The van der Waals surface area contributed by atoms with Crippen LogP contribution in [0.15, 0.2) is 59.5 Å². The fourth-order valence-electron chi connectivity index (χ4n) is 2.46. The van der Waals surface area contributed by atoms with E-state index in [0.29, 0.717) is 24.0 Å². The Morgan fingerprint density at radius 2 is 1.90 bits per heavy atom. The molecule has 0 radical (unpaired) electrons. The molecule has 0 aliphatic heterocycles. The number of hydrogen-bond donors (Lipinski definition) is 1. The predicted molar refractivity (Wildman–Crippen MR) is 81.6 cm³/mol. The summed E-state index contributed by atoms with van der Waals surface area (Å²) in [4.78, 5) is 11.8. The molecule has 3 nitrogen and oxygen atoms in total. The van der Waals surface area contributed by atoms with E-state index in [4.69, 9.17) is 5.73 Å². The van der Waals surface area contributed by atoms with Crippen LogP contribution in [-0.4, -0.2) is 4.57 Å². The molecular formula is C17H15FN2O. The van der Waals surface area contributed by atoms with E-state index in [-0.39, 0.29) is 11.2 Å².